The first-order chi connectivity index (χ1) is 14.1. The van der Waals surface area contributed by atoms with E-state index in [4.69, 9.17) is 4.74 Å². The van der Waals surface area contributed by atoms with E-state index in [0.717, 1.165) is 30.2 Å². The van der Waals surface area contributed by atoms with Crippen molar-refractivity contribution in [2.75, 3.05) is 41.4 Å². The number of ether oxygens (including phenoxy) is 1. The summed E-state index contributed by atoms with van der Waals surface area (Å²) in [6.45, 7) is 6.53. The first-order valence-electron chi connectivity index (χ1n) is 10.2. The Morgan fingerprint density at radius 3 is 2.28 bits per heavy atom. The van der Waals surface area contributed by atoms with Crippen LogP contribution >= 0.6 is 0 Å². The van der Waals surface area contributed by atoms with Gasteiger partial charge in [-0.3, -0.25) is 9.59 Å². The highest BCUT2D eigenvalue weighted by Gasteiger charge is 2.15. The third-order valence-electron chi connectivity index (χ3n) is 5.02. The van der Waals surface area contributed by atoms with Crippen LogP contribution in [0.1, 0.15) is 33.1 Å². The highest BCUT2D eigenvalue weighted by atomic mass is 16.5. The zero-order valence-electron chi connectivity index (χ0n) is 17.2. The maximum atomic E-state index is 12.4. The predicted octanol–water partition coefficient (Wildman–Crippen LogP) is 4.07. The summed E-state index contributed by atoms with van der Waals surface area (Å²) >= 11 is 0. The predicted molar refractivity (Wildman–Crippen MR) is 117 cm³/mol. The van der Waals surface area contributed by atoms with E-state index in [1.807, 2.05) is 55.5 Å². The topological polar surface area (TPSA) is 61.9 Å². The van der Waals surface area contributed by atoms with Crippen LogP contribution in [0.3, 0.4) is 0 Å². The van der Waals surface area contributed by atoms with Gasteiger partial charge in [0.1, 0.15) is 5.75 Å². The van der Waals surface area contributed by atoms with Gasteiger partial charge in [-0.2, -0.15) is 0 Å². The van der Waals surface area contributed by atoms with Crippen LogP contribution in [-0.2, 0) is 9.59 Å². The molecule has 1 aliphatic heterocycles. The van der Waals surface area contributed by atoms with Gasteiger partial charge < -0.3 is 19.9 Å². The van der Waals surface area contributed by atoms with Crippen LogP contribution in [0.25, 0.3) is 0 Å². The molecule has 0 saturated carbocycles. The molecule has 1 aliphatic rings. The Kier molecular flexibility index (Phi) is 7.11. The molecule has 0 aromatic heterocycles. The molecule has 0 unspecified atom stereocenters. The Bertz CT molecular complexity index is 812. The molecule has 1 fully saturated rings. The molecule has 2 aromatic carbocycles. The van der Waals surface area contributed by atoms with Crippen LogP contribution in [0.2, 0.25) is 0 Å². The summed E-state index contributed by atoms with van der Waals surface area (Å²) in [4.78, 5) is 28.4. The first-order valence-corrected chi connectivity index (χ1v) is 10.2. The molecule has 154 valence electrons. The molecule has 6 heteroatoms. The number of nitrogens with zero attached hydrogens (tertiary/aromatic N) is 2. The number of amides is 2. The van der Waals surface area contributed by atoms with E-state index in [2.05, 4.69) is 10.2 Å². The number of carbonyl (C=O) groups excluding carboxylic acids is 2. The van der Waals surface area contributed by atoms with E-state index in [1.165, 1.54) is 25.5 Å². The minimum Gasteiger partial charge on any atom is -0.494 e. The number of nitrogens with one attached hydrogen (secondary N) is 1. The molecule has 0 spiro atoms. The normalized spacial score (nSPS) is 13.2. The molecular weight excluding hydrogens is 366 g/mol. The van der Waals surface area contributed by atoms with E-state index in [9.17, 15) is 9.59 Å². The number of hydrogen-bond donors (Lipinski definition) is 1. The molecule has 1 heterocycles. The van der Waals surface area contributed by atoms with Gasteiger partial charge in [-0.05, 0) is 68.3 Å². The number of hydrogen-bond acceptors (Lipinski definition) is 4. The Hall–Kier alpha value is -3.02. The van der Waals surface area contributed by atoms with E-state index in [0.29, 0.717) is 13.2 Å². The largest absolute Gasteiger partial charge is 0.494 e. The lowest BCUT2D eigenvalue weighted by molar-refractivity contribution is -0.117. The van der Waals surface area contributed by atoms with Crippen molar-refractivity contribution in [3.63, 3.8) is 0 Å². The van der Waals surface area contributed by atoms with Gasteiger partial charge in [0.25, 0.3) is 0 Å². The third-order valence-corrected chi connectivity index (χ3v) is 5.02. The fourth-order valence-electron chi connectivity index (χ4n) is 3.53. The highest BCUT2D eigenvalue weighted by molar-refractivity contribution is 5.94. The molecule has 6 nitrogen and oxygen atoms in total. The molecule has 3 rings (SSSR count). The highest BCUT2D eigenvalue weighted by Crippen LogP contribution is 2.23. The van der Waals surface area contributed by atoms with Gasteiger partial charge in [0.15, 0.2) is 0 Å². The molecule has 29 heavy (non-hydrogen) atoms. The van der Waals surface area contributed by atoms with E-state index in [-0.39, 0.29) is 18.2 Å². The van der Waals surface area contributed by atoms with Crippen molar-refractivity contribution in [2.24, 2.45) is 0 Å². The molecule has 0 bridgehead atoms. The quantitative estimate of drug-likeness (QED) is 0.732. The number of carbonyl (C=O) groups is 2. The van der Waals surface area contributed by atoms with Gasteiger partial charge in [0.2, 0.25) is 11.8 Å². The molecule has 0 aliphatic carbocycles. The van der Waals surface area contributed by atoms with Crippen LogP contribution < -0.4 is 19.9 Å². The Morgan fingerprint density at radius 2 is 1.69 bits per heavy atom. The second-order valence-electron chi connectivity index (χ2n) is 7.14. The average Bonchev–Trinajstić information content (AvgIpc) is 3.25. The smallest absolute Gasteiger partial charge is 0.226 e. The Morgan fingerprint density at radius 1 is 1.03 bits per heavy atom. The van der Waals surface area contributed by atoms with Crippen molar-refractivity contribution in [3.8, 4) is 5.75 Å². The van der Waals surface area contributed by atoms with Gasteiger partial charge in [0, 0.05) is 50.0 Å². The number of rotatable bonds is 8. The van der Waals surface area contributed by atoms with Gasteiger partial charge in [-0.15, -0.1) is 0 Å². The van der Waals surface area contributed by atoms with Crippen LogP contribution in [0.4, 0.5) is 17.1 Å². The molecule has 1 N–H and O–H groups in total. The van der Waals surface area contributed by atoms with Crippen molar-refractivity contribution in [2.45, 2.75) is 33.1 Å². The summed E-state index contributed by atoms with van der Waals surface area (Å²) in [5.41, 5.74) is 2.72. The lowest BCUT2D eigenvalue weighted by atomic mass is 10.2. The van der Waals surface area contributed by atoms with Crippen LogP contribution in [0.5, 0.6) is 5.75 Å². The van der Waals surface area contributed by atoms with Gasteiger partial charge in [-0.1, -0.05) is 0 Å². The van der Waals surface area contributed by atoms with Gasteiger partial charge in [-0.25, -0.2) is 0 Å². The summed E-state index contributed by atoms with van der Waals surface area (Å²) in [6, 6.07) is 15.3. The summed E-state index contributed by atoms with van der Waals surface area (Å²) in [7, 11) is 0. The maximum Gasteiger partial charge on any atom is 0.226 e. The van der Waals surface area contributed by atoms with E-state index >= 15 is 0 Å². The SMILES string of the molecule is CCOc1ccc(N(CCC(=O)Nc2ccc(N3CCCC3)cc2)C(C)=O)cc1. The van der Waals surface area contributed by atoms with E-state index in [1.54, 1.807) is 4.90 Å². The summed E-state index contributed by atoms with van der Waals surface area (Å²) in [6.07, 6.45) is 2.69. The minimum atomic E-state index is -0.115. The average molecular weight is 396 g/mol. The fraction of sp³-hybridized carbons (Fsp3) is 0.391. The molecule has 2 aromatic rings. The van der Waals surface area contributed by atoms with Crippen molar-refractivity contribution >= 4 is 28.9 Å². The Labute approximate surface area is 172 Å². The second-order valence-corrected chi connectivity index (χ2v) is 7.14. The molecule has 2 amide bonds. The fourth-order valence-corrected chi connectivity index (χ4v) is 3.53. The van der Waals surface area contributed by atoms with Gasteiger partial charge >= 0.3 is 0 Å². The molecule has 0 radical (unpaired) electrons. The van der Waals surface area contributed by atoms with Crippen molar-refractivity contribution in [1.82, 2.24) is 0 Å². The van der Waals surface area contributed by atoms with Crippen molar-refractivity contribution in [3.05, 3.63) is 48.5 Å². The second kappa shape index (κ2) is 9.96. The maximum absolute atomic E-state index is 12.4. The summed E-state index contributed by atoms with van der Waals surface area (Å²) in [5, 5.41) is 2.92. The lowest BCUT2D eigenvalue weighted by Crippen LogP contribution is -2.31. The summed E-state index contributed by atoms with van der Waals surface area (Å²) < 4.78 is 5.44. The standard InChI is InChI=1S/C23H29N3O3/c1-3-29-22-12-10-21(11-13-22)26(18(2)27)17-14-23(28)24-19-6-8-20(9-7-19)25-15-4-5-16-25/h6-13H,3-5,14-17H2,1-2H3,(H,24,28). The molecule has 0 atom stereocenters. The third kappa shape index (κ3) is 5.73. The number of benzene rings is 2. The molecule has 1 saturated heterocycles. The minimum absolute atomic E-state index is 0.100. The monoisotopic (exact) mass is 395 g/mol. The van der Waals surface area contributed by atoms with Crippen molar-refractivity contribution in [1.29, 1.82) is 0 Å². The number of anilines is 3. The molecular formula is C23H29N3O3. The zero-order chi connectivity index (χ0) is 20.6. The van der Waals surface area contributed by atoms with Gasteiger partial charge in [0.05, 0.1) is 6.61 Å². The Balaban J connectivity index is 1.54. The lowest BCUT2D eigenvalue weighted by Gasteiger charge is -2.21. The van der Waals surface area contributed by atoms with E-state index < -0.39 is 0 Å². The first kappa shape index (κ1) is 20.7. The zero-order valence-corrected chi connectivity index (χ0v) is 17.2. The van der Waals surface area contributed by atoms with Crippen LogP contribution in [-0.4, -0.2) is 38.1 Å². The van der Waals surface area contributed by atoms with Crippen LogP contribution in [0, 0.1) is 0 Å². The van der Waals surface area contributed by atoms with Crippen molar-refractivity contribution < 1.29 is 14.3 Å². The summed E-state index contributed by atoms with van der Waals surface area (Å²) in [5.74, 6) is 0.544. The van der Waals surface area contributed by atoms with Crippen LogP contribution in [0.15, 0.2) is 48.5 Å².